The number of amides is 1. The van der Waals surface area contributed by atoms with Crippen molar-refractivity contribution in [3.8, 4) is 5.75 Å². The molecule has 1 heterocycles. The molecule has 0 radical (unpaired) electrons. The Morgan fingerprint density at radius 2 is 1.81 bits per heavy atom. The van der Waals surface area contributed by atoms with Crippen molar-refractivity contribution >= 4 is 16.7 Å². The number of nitrogens with zero attached hydrogens (tertiary/aromatic N) is 1. The predicted octanol–water partition coefficient (Wildman–Crippen LogP) is 5.04. The van der Waals surface area contributed by atoms with E-state index in [1.807, 2.05) is 18.2 Å². The van der Waals surface area contributed by atoms with E-state index in [1.165, 1.54) is 28.5 Å². The van der Waals surface area contributed by atoms with Crippen LogP contribution in [-0.2, 0) is 11.2 Å². The van der Waals surface area contributed by atoms with E-state index >= 15 is 0 Å². The first kappa shape index (κ1) is 20.8. The van der Waals surface area contributed by atoms with E-state index in [9.17, 15) is 4.79 Å². The maximum absolute atomic E-state index is 12.4. The van der Waals surface area contributed by atoms with Crippen LogP contribution in [0.15, 0.2) is 78.4 Å². The van der Waals surface area contributed by atoms with Crippen LogP contribution in [0.3, 0.4) is 0 Å². The molecule has 1 saturated carbocycles. The van der Waals surface area contributed by atoms with Crippen LogP contribution in [0.1, 0.15) is 36.4 Å². The van der Waals surface area contributed by atoms with E-state index in [4.69, 9.17) is 4.74 Å². The number of carbonyl (C=O) groups is 1. The predicted molar refractivity (Wildman–Crippen MR) is 129 cm³/mol. The average Bonchev–Trinajstić information content (AvgIpc) is 2.80. The first-order valence-electron chi connectivity index (χ1n) is 11.7. The molecule has 0 bridgehead atoms. The second-order valence-corrected chi connectivity index (χ2v) is 8.73. The Bertz CT molecular complexity index is 1130. The van der Waals surface area contributed by atoms with Crippen molar-refractivity contribution in [1.29, 1.82) is 0 Å². The number of benzene rings is 3. The fraction of sp³-hybridized carbons (Fsp3) is 0.321. The standard InChI is InChI=1S/C28H30N2O2/c31-28(19-21-7-5-8-21)29-20-26-24-12-3-1-10-23(24)15-16-30(26)17-18-32-27-14-6-11-22-9-2-4-13-25(22)27/h1-4,6,9-14,19,26H,5,7-8,15-18,20H2,(H,29,31). The number of fused-ring (bicyclic) bond motifs is 2. The average molecular weight is 427 g/mol. The minimum Gasteiger partial charge on any atom is -0.492 e. The highest BCUT2D eigenvalue weighted by atomic mass is 16.5. The third kappa shape index (κ3) is 4.56. The minimum atomic E-state index is 0.0368. The summed E-state index contributed by atoms with van der Waals surface area (Å²) in [6.45, 7) is 3.02. The molecule has 1 N–H and O–H groups in total. The second kappa shape index (κ2) is 9.58. The van der Waals surface area contributed by atoms with E-state index in [-0.39, 0.29) is 11.9 Å². The number of nitrogens with one attached hydrogen (secondary N) is 1. The van der Waals surface area contributed by atoms with Crippen molar-refractivity contribution in [3.05, 3.63) is 89.5 Å². The van der Waals surface area contributed by atoms with Crippen LogP contribution in [0.4, 0.5) is 0 Å². The van der Waals surface area contributed by atoms with Gasteiger partial charge in [-0.3, -0.25) is 9.69 Å². The quantitative estimate of drug-likeness (QED) is 0.538. The first-order valence-corrected chi connectivity index (χ1v) is 11.7. The molecule has 0 aromatic heterocycles. The van der Waals surface area contributed by atoms with Gasteiger partial charge in [-0.15, -0.1) is 0 Å². The van der Waals surface area contributed by atoms with Gasteiger partial charge in [0.05, 0.1) is 6.04 Å². The van der Waals surface area contributed by atoms with Gasteiger partial charge in [0.1, 0.15) is 12.4 Å². The normalized spacial score (nSPS) is 18.0. The van der Waals surface area contributed by atoms with Gasteiger partial charge >= 0.3 is 0 Å². The fourth-order valence-electron chi connectivity index (χ4n) is 4.76. The van der Waals surface area contributed by atoms with Crippen LogP contribution < -0.4 is 10.1 Å². The number of hydrogen-bond donors (Lipinski definition) is 1. The van der Waals surface area contributed by atoms with Gasteiger partial charge in [0.2, 0.25) is 5.91 Å². The van der Waals surface area contributed by atoms with Crippen LogP contribution in [0.25, 0.3) is 10.8 Å². The zero-order valence-electron chi connectivity index (χ0n) is 18.4. The molecular formula is C28H30N2O2. The monoisotopic (exact) mass is 426 g/mol. The summed E-state index contributed by atoms with van der Waals surface area (Å²) < 4.78 is 6.22. The Labute approximate surface area is 189 Å². The Morgan fingerprint density at radius 3 is 2.69 bits per heavy atom. The summed E-state index contributed by atoms with van der Waals surface area (Å²) in [5.74, 6) is 0.965. The van der Waals surface area contributed by atoms with Crippen LogP contribution in [-0.4, -0.2) is 37.0 Å². The van der Waals surface area contributed by atoms with Crippen molar-refractivity contribution in [3.63, 3.8) is 0 Å². The molecule has 1 amide bonds. The molecule has 5 rings (SSSR count). The Balaban J connectivity index is 1.26. The Hall–Kier alpha value is -3.11. The van der Waals surface area contributed by atoms with E-state index in [0.717, 1.165) is 43.5 Å². The van der Waals surface area contributed by atoms with Gasteiger partial charge in [-0.1, -0.05) is 66.2 Å². The zero-order valence-corrected chi connectivity index (χ0v) is 18.4. The number of rotatable bonds is 7. The molecule has 1 aliphatic heterocycles. The highest BCUT2D eigenvalue weighted by Crippen LogP contribution is 2.30. The summed E-state index contributed by atoms with van der Waals surface area (Å²) in [6.07, 6.45) is 6.17. The molecular weight excluding hydrogens is 396 g/mol. The van der Waals surface area contributed by atoms with Crippen molar-refractivity contribution in [1.82, 2.24) is 10.2 Å². The Morgan fingerprint density at radius 1 is 1.00 bits per heavy atom. The van der Waals surface area contributed by atoms with Crippen LogP contribution in [0.5, 0.6) is 5.75 Å². The van der Waals surface area contributed by atoms with Gasteiger partial charge in [-0.2, -0.15) is 0 Å². The number of ether oxygens (including phenoxy) is 1. The lowest BCUT2D eigenvalue weighted by Gasteiger charge is -2.37. The molecule has 1 unspecified atom stereocenters. The molecule has 164 valence electrons. The molecule has 4 nitrogen and oxygen atoms in total. The topological polar surface area (TPSA) is 41.6 Å². The van der Waals surface area contributed by atoms with Gasteiger partial charge in [0.25, 0.3) is 0 Å². The van der Waals surface area contributed by atoms with Crippen molar-refractivity contribution in [2.24, 2.45) is 0 Å². The smallest absolute Gasteiger partial charge is 0.243 e. The first-order chi connectivity index (χ1) is 15.8. The van der Waals surface area contributed by atoms with Crippen LogP contribution in [0, 0.1) is 0 Å². The SMILES string of the molecule is O=C(C=C1CCC1)NCC1c2ccccc2CCN1CCOc1cccc2ccccc12. The van der Waals surface area contributed by atoms with Gasteiger partial charge in [-0.25, -0.2) is 0 Å². The third-order valence-corrected chi connectivity index (χ3v) is 6.71. The molecule has 32 heavy (non-hydrogen) atoms. The summed E-state index contributed by atoms with van der Waals surface area (Å²) in [4.78, 5) is 14.8. The molecule has 3 aromatic rings. The second-order valence-electron chi connectivity index (χ2n) is 8.73. The molecule has 2 aliphatic rings. The highest BCUT2D eigenvalue weighted by molar-refractivity contribution is 5.88. The lowest BCUT2D eigenvalue weighted by atomic mass is 9.91. The zero-order chi connectivity index (χ0) is 21.8. The van der Waals surface area contributed by atoms with Gasteiger partial charge in [-0.05, 0) is 48.3 Å². The summed E-state index contributed by atoms with van der Waals surface area (Å²) in [5.41, 5.74) is 3.97. The van der Waals surface area contributed by atoms with Crippen molar-refractivity contribution in [2.45, 2.75) is 31.7 Å². The van der Waals surface area contributed by atoms with Gasteiger partial charge < -0.3 is 10.1 Å². The number of hydrogen-bond acceptors (Lipinski definition) is 3. The molecule has 1 aliphatic carbocycles. The van der Waals surface area contributed by atoms with Crippen molar-refractivity contribution in [2.75, 3.05) is 26.2 Å². The number of allylic oxidation sites excluding steroid dienone is 1. The maximum Gasteiger partial charge on any atom is 0.243 e. The largest absolute Gasteiger partial charge is 0.492 e. The van der Waals surface area contributed by atoms with E-state index in [2.05, 4.69) is 58.7 Å². The van der Waals surface area contributed by atoms with Gasteiger partial charge in [0, 0.05) is 31.1 Å². The van der Waals surface area contributed by atoms with E-state index in [0.29, 0.717) is 13.2 Å². The van der Waals surface area contributed by atoms with Gasteiger partial charge in [0.15, 0.2) is 0 Å². The molecule has 3 aromatic carbocycles. The van der Waals surface area contributed by atoms with Crippen molar-refractivity contribution < 1.29 is 9.53 Å². The lowest BCUT2D eigenvalue weighted by molar-refractivity contribution is -0.116. The third-order valence-electron chi connectivity index (χ3n) is 6.71. The fourth-order valence-corrected chi connectivity index (χ4v) is 4.76. The lowest BCUT2D eigenvalue weighted by Crippen LogP contribution is -2.43. The summed E-state index contributed by atoms with van der Waals surface area (Å²) >= 11 is 0. The number of carbonyl (C=O) groups excluding carboxylic acids is 1. The summed E-state index contributed by atoms with van der Waals surface area (Å²) in [6, 6.07) is 23.3. The molecule has 1 fully saturated rings. The maximum atomic E-state index is 12.4. The Kier molecular flexibility index (Phi) is 6.22. The van der Waals surface area contributed by atoms with E-state index in [1.54, 1.807) is 6.08 Å². The molecule has 4 heteroatoms. The molecule has 0 saturated heterocycles. The molecule has 0 spiro atoms. The van der Waals surface area contributed by atoms with Crippen LogP contribution in [0.2, 0.25) is 0 Å². The summed E-state index contributed by atoms with van der Waals surface area (Å²) in [7, 11) is 0. The minimum absolute atomic E-state index is 0.0368. The van der Waals surface area contributed by atoms with Crippen LogP contribution >= 0.6 is 0 Å². The molecule has 1 atom stereocenters. The highest BCUT2D eigenvalue weighted by Gasteiger charge is 2.27. The van der Waals surface area contributed by atoms with E-state index < -0.39 is 0 Å². The summed E-state index contributed by atoms with van der Waals surface area (Å²) in [5, 5.41) is 5.49.